The molecule has 0 radical (unpaired) electrons. The van der Waals surface area contributed by atoms with Crippen LogP contribution < -0.4 is 0 Å². The zero-order valence-corrected chi connectivity index (χ0v) is 10.2. The Balaban J connectivity index is 2.36. The number of ether oxygens (including phenoxy) is 1. The molecular weight excluding hydrogens is 218 g/mol. The smallest absolute Gasteiger partial charge is 0.355 e. The Bertz CT molecular complexity index is 540. The molecular formula is C12H15N3O2. The van der Waals surface area contributed by atoms with Crippen LogP contribution >= 0.6 is 0 Å². The lowest BCUT2D eigenvalue weighted by atomic mass is 10.1. The molecule has 0 aromatic carbocycles. The molecule has 90 valence electrons. The monoisotopic (exact) mass is 233 g/mol. The highest BCUT2D eigenvalue weighted by atomic mass is 16.5. The van der Waals surface area contributed by atoms with Crippen molar-refractivity contribution < 1.29 is 9.53 Å². The molecule has 2 rings (SSSR count). The van der Waals surface area contributed by atoms with E-state index in [0.717, 1.165) is 16.8 Å². The van der Waals surface area contributed by atoms with Gasteiger partial charge >= 0.3 is 5.97 Å². The Morgan fingerprint density at radius 2 is 2.35 bits per heavy atom. The number of hydrogen-bond donors (Lipinski definition) is 1. The summed E-state index contributed by atoms with van der Waals surface area (Å²) in [6, 6.07) is 1.91. The lowest BCUT2D eigenvalue weighted by molar-refractivity contribution is 0.0519. The number of aryl methyl sites for hydroxylation is 1. The third-order valence-corrected chi connectivity index (χ3v) is 2.61. The first kappa shape index (κ1) is 11.4. The molecule has 0 saturated carbocycles. The van der Waals surface area contributed by atoms with Gasteiger partial charge in [-0.25, -0.2) is 4.79 Å². The second-order valence-corrected chi connectivity index (χ2v) is 3.80. The molecule has 0 spiro atoms. The van der Waals surface area contributed by atoms with Gasteiger partial charge in [-0.3, -0.25) is 4.68 Å². The fraction of sp³-hybridized carbons (Fsp3) is 0.333. The number of esters is 1. The summed E-state index contributed by atoms with van der Waals surface area (Å²) >= 11 is 0. The Kier molecular flexibility index (Phi) is 2.99. The predicted octanol–water partition coefficient (Wildman–Crippen LogP) is 1.90. The number of hydrogen-bond acceptors (Lipinski definition) is 3. The normalized spacial score (nSPS) is 10.5. The molecule has 0 saturated heterocycles. The summed E-state index contributed by atoms with van der Waals surface area (Å²) in [5.74, 6) is -0.327. The molecule has 0 amide bonds. The van der Waals surface area contributed by atoms with Crippen LogP contribution in [0.2, 0.25) is 0 Å². The minimum Gasteiger partial charge on any atom is -0.461 e. The van der Waals surface area contributed by atoms with Gasteiger partial charge in [0.25, 0.3) is 0 Å². The molecule has 0 aliphatic carbocycles. The van der Waals surface area contributed by atoms with Gasteiger partial charge in [0.2, 0.25) is 0 Å². The Labute approximate surface area is 99.4 Å². The van der Waals surface area contributed by atoms with E-state index in [1.165, 1.54) is 0 Å². The maximum Gasteiger partial charge on any atom is 0.355 e. The summed E-state index contributed by atoms with van der Waals surface area (Å²) in [6.07, 6.45) is 3.65. The number of aromatic amines is 1. The second-order valence-electron chi connectivity index (χ2n) is 3.80. The molecule has 0 fully saturated rings. The Morgan fingerprint density at radius 1 is 1.59 bits per heavy atom. The van der Waals surface area contributed by atoms with Gasteiger partial charge in [-0.05, 0) is 25.5 Å². The van der Waals surface area contributed by atoms with E-state index in [4.69, 9.17) is 4.74 Å². The van der Waals surface area contributed by atoms with Crippen LogP contribution in [-0.4, -0.2) is 27.3 Å². The van der Waals surface area contributed by atoms with Crippen LogP contribution in [-0.2, 0) is 11.8 Å². The van der Waals surface area contributed by atoms with E-state index in [9.17, 15) is 4.79 Å². The zero-order chi connectivity index (χ0) is 12.4. The molecule has 17 heavy (non-hydrogen) atoms. The third kappa shape index (κ3) is 2.08. The highest BCUT2D eigenvalue weighted by Gasteiger charge is 2.17. The van der Waals surface area contributed by atoms with Crippen molar-refractivity contribution >= 4 is 5.97 Å². The van der Waals surface area contributed by atoms with E-state index < -0.39 is 0 Å². The molecule has 1 N–H and O–H groups in total. The van der Waals surface area contributed by atoms with E-state index in [1.807, 2.05) is 26.2 Å². The first-order valence-corrected chi connectivity index (χ1v) is 5.48. The predicted molar refractivity (Wildman–Crippen MR) is 63.7 cm³/mol. The summed E-state index contributed by atoms with van der Waals surface area (Å²) in [5, 5.41) is 4.30. The zero-order valence-electron chi connectivity index (χ0n) is 10.2. The first-order chi connectivity index (χ1) is 8.13. The van der Waals surface area contributed by atoms with Crippen molar-refractivity contribution in [2.45, 2.75) is 13.8 Å². The molecule has 5 heteroatoms. The van der Waals surface area contributed by atoms with Crippen molar-refractivity contribution in [1.82, 2.24) is 14.8 Å². The number of nitrogens with one attached hydrogen (secondary N) is 1. The summed E-state index contributed by atoms with van der Waals surface area (Å²) in [5.41, 5.74) is 3.13. The highest BCUT2D eigenvalue weighted by molar-refractivity contribution is 5.91. The maximum atomic E-state index is 11.6. The van der Waals surface area contributed by atoms with Crippen molar-refractivity contribution in [1.29, 1.82) is 0 Å². The molecule has 2 aromatic rings. The number of nitrogens with zero attached hydrogens (tertiary/aromatic N) is 2. The van der Waals surface area contributed by atoms with Crippen molar-refractivity contribution in [3.05, 3.63) is 29.7 Å². The largest absolute Gasteiger partial charge is 0.461 e. The average Bonchev–Trinajstić information content (AvgIpc) is 2.85. The van der Waals surface area contributed by atoms with E-state index in [-0.39, 0.29) is 5.97 Å². The van der Waals surface area contributed by atoms with Crippen molar-refractivity contribution in [3.63, 3.8) is 0 Å². The van der Waals surface area contributed by atoms with E-state index in [1.54, 1.807) is 17.8 Å². The number of carbonyl (C=O) groups excluding carboxylic acids is 1. The second kappa shape index (κ2) is 4.45. The summed E-state index contributed by atoms with van der Waals surface area (Å²) < 4.78 is 6.70. The van der Waals surface area contributed by atoms with Crippen LogP contribution in [0.25, 0.3) is 11.3 Å². The molecule has 2 heterocycles. The third-order valence-electron chi connectivity index (χ3n) is 2.61. The van der Waals surface area contributed by atoms with Crippen LogP contribution in [0, 0.1) is 6.92 Å². The fourth-order valence-corrected chi connectivity index (χ4v) is 1.74. The van der Waals surface area contributed by atoms with Gasteiger partial charge in [0.1, 0.15) is 5.69 Å². The molecule has 0 bridgehead atoms. The topological polar surface area (TPSA) is 59.9 Å². The first-order valence-electron chi connectivity index (χ1n) is 5.48. The molecule has 0 unspecified atom stereocenters. The molecule has 5 nitrogen and oxygen atoms in total. The standard InChI is InChI=1S/C12H15N3O2/c1-4-17-12(16)11-8(2)9(7-13-11)10-5-6-15(3)14-10/h5-7,13H,4H2,1-3H3. The van der Waals surface area contributed by atoms with Gasteiger partial charge in [-0.15, -0.1) is 0 Å². The molecule has 2 aromatic heterocycles. The summed E-state index contributed by atoms with van der Waals surface area (Å²) in [7, 11) is 1.86. The summed E-state index contributed by atoms with van der Waals surface area (Å²) in [6.45, 7) is 4.04. The minimum absolute atomic E-state index is 0.327. The lowest BCUT2D eigenvalue weighted by Gasteiger charge is -2.00. The average molecular weight is 233 g/mol. The van der Waals surface area contributed by atoms with E-state index in [0.29, 0.717) is 12.3 Å². The lowest BCUT2D eigenvalue weighted by Crippen LogP contribution is -2.06. The van der Waals surface area contributed by atoms with Crippen LogP contribution in [0.1, 0.15) is 23.0 Å². The molecule has 0 aliphatic heterocycles. The van der Waals surface area contributed by atoms with Gasteiger partial charge in [-0.2, -0.15) is 5.10 Å². The number of rotatable bonds is 3. The Morgan fingerprint density at radius 3 is 2.94 bits per heavy atom. The number of aromatic nitrogens is 3. The molecule has 0 aliphatic rings. The van der Waals surface area contributed by atoms with E-state index in [2.05, 4.69) is 10.1 Å². The fourth-order valence-electron chi connectivity index (χ4n) is 1.74. The van der Waals surface area contributed by atoms with Crippen LogP contribution in [0.4, 0.5) is 0 Å². The quantitative estimate of drug-likeness (QED) is 0.824. The van der Waals surface area contributed by atoms with Gasteiger partial charge < -0.3 is 9.72 Å². The maximum absolute atomic E-state index is 11.6. The van der Waals surface area contributed by atoms with Gasteiger partial charge in [0, 0.05) is 25.0 Å². The minimum atomic E-state index is -0.327. The van der Waals surface area contributed by atoms with Gasteiger partial charge in [-0.1, -0.05) is 0 Å². The highest BCUT2D eigenvalue weighted by Crippen LogP contribution is 2.24. The molecule has 0 atom stereocenters. The van der Waals surface area contributed by atoms with Crippen LogP contribution in [0.15, 0.2) is 18.5 Å². The SMILES string of the molecule is CCOC(=O)c1[nH]cc(-c2ccn(C)n2)c1C. The Hall–Kier alpha value is -2.04. The van der Waals surface area contributed by atoms with Crippen molar-refractivity contribution in [3.8, 4) is 11.3 Å². The van der Waals surface area contributed by atoms with Gasteiger partial charge in [0.15, 0.2) is 0 Å². The van der Waals surface area contributed by atoms with Crippen LogP contribution in [0.3, 0.4) is 0 Å². The van der Waals surface area contributed by atoms with Crippen LogP contribution in [0.5, 0.6) is 0 Å². The van der Waals surface area contributed by atoms with E-state index >= 15 is 0 Å². The number of carbonyl (C=O) groups is 1. The number of H-pyrrole nitrogens is 1. The van der Waals surface area contributed by atoms with Gasteiger partial charge in [0.05, 0.1) is 12.3 Å². The summed E-state index contributed by atoms with van der Waals surface area (Å²) in [4.78, 5) is 14.6. The van der Waals surface area contributed by atoms with Crippen molar-refractivity contribution in [2.75, 3.05) is 6.61 Å². The van der Waals surface area contributed by atoms with Crippen molar-refractivity contribution in [2.24, 2.45) is 7.05 Å².